The lowest BCUT2D eigenvalue weighted by molar-refractivity contribution is 1.12. The fraction of sp³-hybridized carbons (Fsp3) is 0.400. The first-order valence-corrected chi connectivity index (χ1v) is 6.10. The van der Waals surface area contributed by atoms with Crippen molar-refractivity contribution in [2.24, 2.45) is 0 Å². The van der Waals surface area contributed by atoms with Gasteiger partial charge in [0.25, 0.3) is 0 Å². The molecule has 0 radical (unpaired) electrons. The molecule has 72 valence electrons. The standard InChI is InChI=1S/C10H12Cl2S/c1-8(6-11)13-7-9-2-4-10(12)5-3-9/h2-5,8H,6-7H2,1H3. The zero-order valence-electron chi connectivity index (χ0n) is 7.47. The molecule has 0 heterocycles. The molecule has 0 N–H and O–H groups in total. The Hall–Kier alpha value is 0.150. The molecule has 0 bridgehead atoms. The molecule has 0 saturated carbocycles. The molecule has 1 aromatic rings. The van der Waals surface area contributed by atoms with Crippen LogP contribution in [-0.4, -0.2) is 11.1 Å². The monoisotopic (exact) mass is 234 g/mol. The summed E-state index contributed by atoms with van der Waals surface area (Å²) in [5, 5.41) is 1.30. The van der Waals surface area contributed by atoms with Crippen LogP contribution in [0, 0.1) is 0 Å². The summed E-state index contributed by atoms with van der Waals surface area (Å²) in [6, 6.07) is 7.94. The summed E-state index contributed by atoms with van der Waals surface area (Å²) >= 11 is 13.3. The maximum atomic E-state index is 5.77. The quantitative estimate of drug-likeness (QED) is 0.705. The van der Waals surface area contributed by atoms with Crippen molar-refractivity contribution in [2.75, 3.05) is 5.88 Å². The van der Waals surface area contributed by atoms with Gasteiger partial charge in [-0.25, -0.2) is 0 Å². The van der Waals surface area contributed by atoms with Crippen LogP contribution in [0.15, 0.2) is 24.3 Å². The third-order valence-corrected chi connectivity index (χ3v) is 3.80. The van der Waals surface area contributed by atoms with Gasteiger partial charge in [-0.2, -0.15) is 11.8 Å². The van der Waals surface area contributed by atoms with Crippen LogP contribution >= 0.6 is 35.0 Å². The van der Waals surface area contributed by atoms with Gasteiger partial charge < -0.3 is 0 Å². The highest BCUT2D eigenvalue weighted by atomic mass is 35.5. The van der Waals surface area contributed by atoms with Crippen molar-refractivity contribution >= 4 is 35.0 Å². The normalized spacial score (nSPS) is 12.8. The first-order valence-electron chi connectivity index (χ1n) is 4.14. The molecule has 3 heteroatoms. The molecule has 1 unspecified atom stereocenters. The van der Waals surface area contributed by atoms with Gasteiger partial charge >= 0.3 is 0 Å². The van der Waals surface area contributed by atoms with Crippen LogP contribution in [0.3, 0.4) is 0 Å². The van der Waals surface area contributed by atoms with E-state index in [0.29, 0.717) is 11.1 Å². The number of thioether (sulfide) groups is 1. The minimum absolute atomic E-state index is 0.511. The van der Waals surface area contributed by atoms with Gasteiger partial charge in [-0.3, -0.25) is 0 Å². The van der Waals surface area contributed by atoms with E-state index in [1.807, 2.05) is 23.9 Å². The SMILES string of the molecule is CC(CCl)SCc1ccc(Cl)cc1. The average molecular weight is 235 g/mol. The number of benzene rings is 1. The molecule has 0 aliphatic rings. The van der Waals surface area contributed by atoms with E-state index in [9.17, 15) is 0 Å². The minimum atomic E-state index is 0.511. The summed E-state index contributed by atoms with van der Waals surface area (Å²) in [6.45, 7) is 2.13. The van der Waals surface area contributed by atoms with E-state index in [1.165, 1.54) is 5.56 Å². The Morgan fingerprint density at radius 2 is 1.92 bits per heavy atom. The van der Waals surface area contributed by atoms with Crippen LogP contribution < -0.4 is 0 Å². The molecule has 0 fully saturated rings. The molecule has 0 amide bonds. The zero-order chi connectivity index (χ0) is 9.68. The molecule has 1 aromatic carbocycles. The van der Waals surface area contributed by atoms with Gasteiger partial charge in [-0.15, -0.1) is 11.6 Å². The van der Waals surface area contributed by atoms with Crippen LogP contribution in [0.5, 0.6) is 0 Å². The molecule has 0 nitrogen and oxygen atoms in total. The highest BCUT2D eigenvalue weighted by Crippen LogP contribution is 2.19. The van der Waals surface area contributed by atoms with Gasteiger partial charge in [0, 0.05) is 21.9 Å². The number of hydrogen-bond acceptors (Lipinski definition) is 1. The van der Waals surface area contributed by atoms with Crippen molar-refractivity contribution in [3.8, 4) is 0 Å². The van der Waals surface area contributed by atoms with Gasteiger partial charge in [0.1, 0.15) is 0 Å². The lowest BCUT2D eigenvalue weighted by Gasteiger charge is -2.06. The van der Waals surface area contributed by atoms with Gasteiger partial charge in [-0.05, 0) is 17.7 Å². The summed E-state index contributed by atoms with van der Waals surface area (Å²) in [5.41, 5.74) is 1.30. The minimum Gasteiger partial charge on any atom is -0.153 e. The Morgan fingerprint density at radius 1 is 1.31 bits per heavy atom. The van der Waals surface area contributed by atoms with E-state index in [1.54, 1.807) is 0 Å². The van der Waals surface area contributed by atoms with Crippen LogP contribution in [0.4, 0.5) is 0 Å². The lowest BCUT2D eigenvalue weighted by atomic mass is 10.2. The van der Waals surface area contributed by atoms with Crippen LogP contribution in [-0.2, 0) is 5.75 Å². The van der Waals surface area contributed by atoms with Crippen LogP contribution in [0.1, 0.15) is 12.5 Å². The highest BCUT2D eigenvalue weighted by Gasteiger charge is 2.00. The van der Waals surface area contributed by atoms with E-state index in [2.05, 4.69) is 19.1 Å². The maximum absolute atomic E-state index is 5.77. The van der Waals surface area contributed by atoms with Crippen LogP contribution in [0.25, 0.3) is 0 Å². The summed E-state index contributed by atoms with van der Waals surface area (Å²) in [4.78, 5) is 0. The third-order valence-electron chi connectivity index (χ3n) is 1.67. The van der Waals surface area contributed by atoms with Gasteiger partial charge in [0.15, 0.2) is 0 Å². The molecule has 0 spiro atoms. The second kappa shape index (κ2) is 5.79. The van der Waals surface area contributed by atoms with Gasteiger partial charge in [0.05, 0.1) is 0 Å². The van der Waals surface area contributed by atoms with E-state index in [0.717, 1.165) is 10.8 Å². The van der Waals surface area contributed by atoms with Gasteiger partial charge in [0.2, 0.25) is 0 Å². The maximum Gasteiger partial charge on any atom is 0.0406 e. The first-order chi connectivity index (χ1) is 6.22. The molecule has 1 rings (SSSR count). The molecular weight excluding hydrogens is 223 g/mol. The number of alkyl halides is 1. The van der Waals surface area contributed by atoms with E-state index in [4.69, 9.17) is 23.2 Å². The highest BCUT2D eigenvalue weighted by molar-refractivity contribution is 7.99. The number of rotatable bonds is 4. The Bertz CT molecular complexity index is 246. The predicted molar refractivity (Wildman–Crippen MR) is 62.9 cm³/mol. The summed E-state index contributed by atoms with van der Waals surface area (Å²) in [7, 11) is 0. The third kappa shape index (κ3) is 4.26. The fourth-order valence-electron chi connectivity index (χ4n) is 0.864. The molecular formula is C10H12Cl2S. The Labute approximate surface area is 93.6 Å². The zero-order valence-corrected chi connectivity index (χ0v) is 9.79. The van der Waals surface area contributed by atoms with Gasteiger partial charge in [-0.1, -0.05) is 30.7 Å². The second-order valence-electron chi connectivity index (χ2n) is 2.90. The molecule has 0 aliphatic heterocycles. The smallest absolute Gasteiger partial charge is 0.0406 e. The summed E-state index contributed by atoms with van der Waals surface area (Å²) < 4.78 is 0. The van der Waals surface area contributed by atoms with Crippen molar-refractivity contribution < 1.29 is 0 Å². The lowest BCUT2D eigenvalue weighted by Crippen LogP contribution is -1.97. The van der Waals surface area contributed by atoms with Crippen molar-refractivity contribution in [3.05, 3.63) is 34.9 Å². The second-order valence-corrected chi connectivity index (χ2v) is 5.07. The largest absolute Gasteiger partial charge is 0.153 e. The van der Waals surface area contributed by atoms with E-state index in [-0.39, 0.29) is 0 Å². The number of hydrogen-bond donors (Lipinski definition) is 0. The molecule has 1 atom stereocenters. The average Bonchev–Trinajstić information content (AvgIpc) is 2.16. The van der Waals surface area contributed by atoms with E-state index >= 15 is 0 Å². The van der Waals surface area contributed by atoms with Crippen molar-refractivity contribution in [2.45, 2.75) is 17.9 Å². The predicted octanol–water partition coefficient (Wildman–Crippen LogP) is 4.20. The van der Waals surface area contributed by atoms with Crippen LogP contribution in [0.2, 0.25) is 5.02 Å². The first kappa shape index (κ1) is 11.2. The fourth-order valence-corrected chi connectivity index (χ4v) is 2.02. The topological polar surface area (TPSA) is 0 Å². The van der Waals surface area contributed by atoms with Crippen molar-refractivity contribution in [1.82, 2.24) is 0 Å². The van der Waals surface area contributed by atoms with Crippen molar-refractivity contribution in [1.29, 1.82) is 0 Å². The molecule has 0 aliphatic carbocycles. The van der Waals surface area contributed by atoms with E-state index < -0.39 is 0 Å². The summed E-state index contributed by atoms with van der Waals surface area (Å²) in [5.74, 6) is 1.71. The molecule has 13 heavy (non-hydrogen) atoms. The summed E-state index contributed by atoms with van der Waals surface area (Å²) in [6.07, 6.45) is 0. The molecule has 0 saturated heterocycles. The Morgan fingerprint density at radius 3 is 2.46 bits per heavy atom. The Kier molecular flexibility index (Phi) is 5.00. The number of halogens is 2. The van der Waals surface area contributed by atoms with Crippen molar-refractivity contribution in [3.63, 3.8) is 0 Å². The Balaban J connectivity index is 2.41. The molecule has 0 aromatic heterocycles.